The predicted molar refractivity (Wildman–Crippen MR) is 82.7 cm³/mol. The van der Waals surface area contributed by atoms with Crippen LogP contribution >= 0.6 is 46.6 Å². The third-order valence-corrected chi connectivity index (χ3v) is 4.60. The van der Waals surface area contributed by atoms with Crippen molar-refractivity contribution < 1.29 is 5.11 Å². The van der Waals surface area contributed by atoms with E-state index in [-0.39, 0.29) is 0 Å². The van der Waals surface area contributed by atoms with Crippen LogP contribution in [0.1, 0.15) is 18.6 Å². The molecule has 0 fully saturated rings. The number of rotatable bonds is 3. The van der Waals surface area contributed by atoms with Gasteiger partial charge in [0.1, 0.15) is 0 Å². The molecule has 100 valence electrons. The van der Waals surface area contributed by atoms with Crippen LogP contribution in [0.25, 0.3) is 0 Å². The molecule has 19 heavy (non-hydrogen) atoms. The first kappa shape index (κ1) is 15.0. The van der Waals surface area contributed by atoms with Crippen molar-refractivity contribution in [2.45, 2.75) is 22.8 Å². The number of hydrogen-bond acceptors (Lipinski definition) is 2. The van der Waals surface area contributed by atoms with Gasteiger partial charge in [0.05, 0.1) is 11.1 Å². The van der Waals surface area contributed by atoms with Crippen molar-refractivity contribution in [2.75, 3.05) is 0 Å². The summed E-state index contributed by atoms with van der Waals surface area (Å²) in [5.74, 6) is 0. The highest BCUT2D eigenvalue weighted by atomic mass is 35.5. The smallest absolute Gasteiger partial charge is 0.0773 e. The molecule has 0 saturated carbocycles. The molecule has 0 aromatic heterocycles. The first-order valence-corrected chi connectivity index (χ1v) is 7.53. The van der Waals surface area contributed by atoms with E-state index >= 15 is 0 Å². The third-order valence-electron chi connectivity index (χ3n) is 2.54. The second-order valence-corrected chi connectivity index (χ2v) is 6.40. The standard InChI is InChI=1S/C14H11Cl3OS/c1-8(18)11-6-9(15)3-5-13(11)19-14-7-10(16)2-4-12(14)17/h2-8,18H,1H3/t8-/m1/s1. The Bertz CT molecular complexity index is 599. The molecule has 0 aliphatic heterocycles. The fourth-order valence-corrected chi connectivity index (χ4v) is 3.34. The van der Waals surface area contributed by atoms with Gasteiger partial charge in [0.25, 0.3) is 0 Å². The lowest BCUT2D eigenvalue weighted by Crippen LogP contribution is -1.94. The van der Waals surface area contributed by atoms with E-state index in [4.69, 9.17) is 34.8 Å². The first-order chi connectivity index (χ1) is 8.97. The Hall–Kier alpha value is -0.380. The predicted octanol–water partition coefficient (Wildman–Crippen LogP) is 5.85. The molecule has 1 atom stereocenters. The summed E-state index contributed by atoms with van der Waals surface area (Å²) in [6.45, 7) is 1.70. The number of aliphatic hydroxyl groups is 1. The number of hydrogen-bond donors (Lipinski definition) is 1. The minimum absolute atomic E-state index is 0.595. The molecular weight excluding hydrogens is 323 g/mol. The summed E-state index contributed by atoms with van der Waals surface area (Å²) >= 11 is 19.5. The van der Waals surface area contributed by atoms with E-state index < -0.39 is 6.10 Å². The maximum atomic E-state index is 9.80. The van der Waals surface area contributed by atoms with Gasteiger partial charge in [-0.25, -0.2) is 0 Å². The quantitative estimate of drug-likeness (QED) is 0.760. The van der Waals surface area contributed by atoms with E-state index in [0.29, 0.717) is 15.1 Å². The lowest BCUT2D eigenvalue weighted by molar-refractivity contribution is 0.196. The van der Waals surface area contributed by atoms with Crippen LogP contribution in [-0.2, 0) is 0 Å². The van der Waals surface area contributed by atoms with Crippen molar-refractivity contribution in [3.8, 4) is 0 Å². The minimum atomic E-state index is -0.598. The Morgan fingerprint density at radius 1 is 0.947 bits per heavy atom. The third kappa shape index (κ3) is 3.80. The fraction of sp³-hybridized carbons (Fsp3) is 0.143. The monoisotopic (exact) mass is 332 g/mol. The van der Waals surface area contributed by atoms with Gasteiger partial charge in [-0.3, -0.25) is 0 Å². The maximum Gasteiger partial charge on any atom is 0.0773 e. The van der Waals surface area contributed by atoms with Crippen LogP contribution in [0.2, 0.25) is 15.1 Å². The average molecular weight is 334 g/mol. The Morgan fingerprint density at radius 3 is 2.26 bits per heavy atom. The number of halogens is 3. The molecule has 2 aromatic carbocycles. The lowest BCUT2D eigenvalue weighted by atomic mass is 10.1. The van der Waals surface area contributed by atoms with Crippen LogP contribution in [-0.4, -0.2) is 5.11 Å². The fourth-order valence-electron chi connectivity index (χ4n) is 1.61. The van der Waals surface area contributed by atoms with Gasteiger partial charge in [0.15, 0.2) is 0 Å². The first-order valence-electron chi connectivity index (χ1n) is 5.58. The van der Waals surface area contributed by atoms with Gasteiger partial charge in [-0.15, -0.1) is 0 Å². The lowest BCUT2D eigenvalue weighted by Gasteiger charge is -2.13. The molecule has 0 radical (unpaired) electrons. The van der Waals surface area contributed by atoms with Gasteiger partial charge >= 0.3 is 0 Å². The second kappa shape index (κ2) is 6.38. The molecule has 0 aliphatic carbocycles. The zero-order valence-electron chi connectivity index (χ0n) is 10.0. The van der Waals surface area contributed by atoms with Crippen LogP contribution in [0.15, 0.2) is 46.2 Å². The van der Waals surface area contributed by atoms with Crippen LogP contribution in [0, 0.1) is 0 Å². The van der Waals surface area contributed by atoms with Crippen LogP contribution in [0.4, 0.5) is 0 Å². The summed E-state index contributed by atoms with van der Waals surface area (Å²) in [5, 5.41) is 11.6. The molecule has 0 spiro atoms. The number of benzene rings is 2. The van der Waals surface area contributed by atoms with Crippen LogP contribution < -0.4 is 0 Å². The van der Waals surface area contributed by atoms with E-state index in [2.05, 4.69) is 0 Å². The molecule has 5 heteroatoms. The van der Waals surface area contributed by atoms with Gasteiger partial charge in [-0.2, -0.15) is 0 Å². The van der Waals surface area contributed by atoms with E-state index in [1.54, 1.807) is 37.3 Å². The Kier molecular flexibility index (Phi) is 5.04. The van der Waals surface area contributed by atoms with Crippen molar-refractivity contribution in [1.82, 2.24) is 0 Å². The van der Waals surface area contributed by atoms with Crippen molar-refractivity contribution in [3.63, 3.8) is 0 Å². The second-order valence-electron chi connectivity index (χ2n) is 4.03. The van der Waals surface area contributed by atoms with E-state index in [1.165, 1.54) is 11.8 Å². The zero-order chi connectivity index (χ0) is 14.0. The molecule has 1 N–H and O–H groups in total. The van der Waals surface area contributed by atoms with Crippen molar-refractivity contribution in [1.29, 1.82) is 0 Å². The van der Waals surface area contributed by atoms with Gasteiger partial charge in [-0.1, -0.05) is 46.6 Å². The molecule has 0 saturated heterocycles. The topological polar surface area (TPSA) is 20.2 Å². The average Bonchev–Trinajstić information content (AvgIpc) is 2.35. The van der Waals surface area contributed by atoms with Crippen molar-refractivity contribution in [3.05, 3.63) is 57.0 Å². The summed E-state index contributed by atoms with van der Waals surface area (Å²) in [4.78, 5) is 1.75. The SMILES string of the molecule is C[C@@H](O)c1cc(Cl)ccc1Sc1cc(Cl)ccc1Cl. The molecule has 0 aliphatic rings. The Labute approximate surface area is 131 Å². The van der Waals surface area contributed by atoms with Crippen molar-refractivity contribution >= 4 is 46.6 Å². The largest absolute Gasteiger partial charge is 0.389 e. The molecule has 1 nitrogen and oxygen atoms in total. The molecule has 2 aromatic rings. The summed E-state index contributed by atoms with van der Waals surface area (Å²) < 4.78 is 0. The van der Waals surface area contributed by atoms with E-state index in [9.17, 15) is 5.11 Å². The summed E-state index contributed by atoms with van der Waals surface area (Å²) in [6.07, 6.45) is -0.598. The van der Waals surface area contributed by atoms with Gasteiger partial charge in [-0.05, 0) is 48.9 Å². The van der Waals surface area contributed by atoms with Crippen LogP contribution in [0.3, 0.4) is 0 Å². The van der Waals surface area contributed by atoms with Gasteiger partial charge < -0.3 is 5.11 Å². The minimum Gasteiger partial charge on any atom is -0.389 e. The van der Waals surface area contributed by atoms with Crippen LogP contribution in [0.5, 0.6) is 0 Å². The molecule has 0 amide bonds. The van der Waals surface area contributed by atoms with Crippen molar-refractivity contribution in [2.24, 2.45) is 0 Å². The van der Waals surface area contributed by atoms with E-state index in [0.717, 1.165) is 15.4 Å². The molecule has 2 rings (SSSR count). The highest BCUT2D eigenvalue weighted by Crippen LogP contribution is 2.39. The molecular formula is C14H11Cl3OS. The normalized spacial score (nSPS) is 12.5. The molecule has 0 heterocycles. The highest BCUT2D eigenvalue weighted by molar-refractivity contribution is 7.99. The summed E-state index contributed by atoms with van der Waals surface area (Å²) in [7, 11) is 0. The summed E-state index contributed by atoms with van der Waals surface area (Å²) in [6, 6.07) is 10.7. The van der Waals surface area contributed by atoms with E-state index in [1.807, 2.05) is 6.07 Å². The molecule has 0 bridgehead atoms. The number of aliphatic hydroxyl groups excluding tert-OH is 1. The molecule has 0 unspecified atom stereocenters. The maximum absolute atomic E-state index is 9.80. The Morgan fingerprint density at radius 2 is 1.58 bits per heavy atom. The van der Waals surface area contributed by atoms with Gasteiger partial charge in [0, 0.05) is 19.8 Å². The van der Waals surface area contributed by atoms with Gasteiger partial charge in [0.2, 0.25) is 0 Å². The Balaban J connectivity index is 2.40. The highest BCUT2D eigenvalue weighted by Gasteiger charge is 2.12. The zero-order valence-corrected chi connectivity index (χ0v) is 13.1. The summed E-state index contributed by atoms with van der Waals surface area (Å²) in [5.41, 5.74) is 0.772.